The van der Waals surface area contributed by atoms with Gasteiger partial charge in [-0.3, -0.25) is 4.68 Å². The molecule has 2 saturated heterocycles. The van der Waals surface area contributed by atoms with Crippen LogP contribution in [0.3, 0.4) is 0 Å². The predicted molar refractivity (Wildman–Crippen MR) is 76.2 cm³/mol. The van der Waals surface area contributed by atoms with Crippen LogP contribution in [-0.4, -0.2) is 48.3 Å². The van der Waals surface area contributed by atoms with Gasteiger partial charge in [-0.15, -0.1) is 0 Å². The minimum Gasteiger partial charge on any atom is -0.379 e. The van der Waals surface area contributed by atoms with Gasteiger partial charge in [0, 0.05) is 19.5 Å². The number of nitrogens with zero attached hydrogens (tertiary/aromatic N) is 3. The van der Waals surface area contributed by atoms with Crippen LogP contribution in [0.1, 0.15) is 25.0 Å². The van der Waals surface area contributed by atoms with Crippen molar-refractivity contribution in [1.29, 1.82) is 0 Å². The molecule has 1 aromatic rings. The Morgan fingerprint density at radius 3 is 2.71 bits per heavy atom. The smallest absolute Gasteiger partial charge is 0.246 e. The van der Waals surface area contributed by atoms with Crippen LogP contribution in [0.15, 0.2) is 11.1 Å². The van der Waals surface area contributed by atoms with Crippen LogP contribution in [-0.2, 0) is 21.8 Å². The van der Waals surface area contributed by atoms with E-state index in [0.29, 0.717) is 36.3 Å². The molecule has 6 nitrogen and oxygen atoms in total. The average Bonchev–Trinajstić information content (AvgIpc) is 3.03. The summed E-state index contributed by atoms with van der Waals surface area (Å²) in [6.45, 7) is 3.70. The summed E-state index contributed by atoms with van der Waals surface area (Å²) >= 11 is 0. The standard InChI is InChI=1S/C14H21N3O3S/c1-10-13(6-15-16(10)2)21(18,19)17-9-14(4-3-5-14)11-7-20-8-12(11)17/h6,11-12H,3-5,7-9H2,1-2H3/t11-,12-/m1/s1. The fourth-order valence-corrected chi connectivity index (χ4v) is 6.17. The molecule has 0 unspecified atom stereocenters. The first-order chi connectivity index (χ1) is 9.96. The summed E-state index contributed by atoms with van der Waals surface area (Å²) in [5.41, 5.74) is 0.865. The molecule has 1 saturated carbocycles. The van der Waals surface area contributed by atoms with E-state index in [2.05, 4.69) is 5.10 Å². The fraction of sp³-hybridized carbons (Fsp3) is 0.786. The lowest BCUT2D eigenvalue weighted by Gasteiger charge is -2.42. The van der Waals surface area contributed by atoms with Gasteiger partial charge >= 0.3 is 0 Å². The van der Waals surface area contributed by atoms with Crippen molar-refractivity contribution in [2.75, 3.05) is 19.8 Å². The first kappa shape index (κ1) is 13.7. The van der Waals surface area contributed by atoms with Gasteiger partial charge in [-0.1, -0.05) is 6.42 Å². The summed E-state index contributed by atoms with van der Waals surface area (Å²) in [7, 11) is -1.71. The number of fused-ring (bicyclic) bond motifs is 2. The number of ether oxygens (including phenoxy) is 1. The maximum Gasteiger partial charge on any atom is 0.246 e. The van der Waals surface area contributed by atoms with E-state index in [1.54, 1.807) is 23.0 Å². The highest BCUT2D eigenvalue weighted by atomic mass is 32.2. The van der Waals surface area contributed by atoms with Gasteiger partial charge in [-0.2, -0.15) is 9.40 Å². The lowest BCUT2D eigenvalue weighted by atomic mass is 9.62. The van der Waals surface area contributed by atoms with E-state index >= 15 is 0 Å². The van der Waals surface area contributed by atoms with Gasteiger partial charge in [0.15, 0.2) is 0 Å². The zero-order valence-electron chi connectivity index (χ0n) is 12.4. The Balaban J connectivity index is 1.74. The Hall–Kier alpha value is -0.920. The first-order valence-electron chi connectivity index (χ1n) is 7.54. The van der Waals surface area contributed by atoms with Gasteiger partial charge in [0.25, 0.3) is 0 Å². The summed E-state index contributed by atoms with van der Waals surface area (Å²) in [6.07, 6.45) is 4.95. The molecule has 7 heteroatoms. The normalized spacial score (nSPS) is 31.5. The largest absolute Gasteiger partial charge is 0.379 e. The second-order valence-electron chi connectivity index (χ2n) is 6.70. The zero-order valence-corrected chi connectivity index (χ0v) is 13.3. The van der Waals surface area contributed by atoms with E-state index in [9.17, 15) is 8.42 Å². The number of aromatic nitrogens is 2. The molecule has 21 heavy (non-hydrogen) atoms. The zero-order chi connectivity index (χ0) is 14.8. The molecule has 0 radical (unpaired) electrons. The van der Waals surface area contributed by atoms with E-state index < -0.39 is 10.0 Å². The summed E-state index contributed by atoms with van der Waals surface area (Å²) < 4.78 is 35.0. The van der Waals surface area contributed by atoms with Crippen molar-refractivity contribution in [3.63, 3.8) is 0 Å². The van der Waals surface area contributed by atoms with Crippen molar-refractivity contribution in [2.45, 2.75) is 37.1 Å². The third-order valence-corrected chi connectivity index (χ3v) is 7.78. The Morgan fingerprint density at radius 1 is 1.38 bits per heavy atom. The lowest BCUT2D eigenvalue weighted by Crippen LogP contribution is -2.39. The monoisotopic (exact) mass is 311 g/mol. The highest BCUT2D eigenvalue weighted by Crippen LogP contribution is 2.56. The van der Waals surface area contributed by atoms with Crippen molar-refractivity contribution < 1.29 is 13.2 Å². The fourth-order valence-electron chi connectivity index (χ4n) is 4.24. The average molecular weight is 311 g/mol. The maximum atomic E-state index is 13.1. The summed E-state index contributed by atoms with van der Waals surface area (Å²) in [5, 5.41) is 4.09. The predicted octanol–water partition coefficient (Wildman–Crippen LogP) is 0.918. The van der Waals surface area contributed by atoms with Crippen molar-refractivity contribution in [3.8, 4) is 0 Å². The molecule has 4 rings (SSSR count). The molecule has 3 fully saturated rings. The van der Waals surface area contributed by atoms with Gasteiger partial charge in [-0.25, -0.2) is 8.42 Å². The van der Waals surface area contributed by atoms with Crippen molar-refractivity contribution in [3.05, 3.63) is 11.9 Å². The molecular formula is C14H21N3O3S. The minimum absolute atomic E-state index is 0.00917. The molecule has 0 bridgehead atoms. The molecule has 3 aliphatic rings. The van der Waals surface area contributed by atoms with Crippen LogP contribution in [0.25, 0.3) is 0 Å². The number of hydrogen-bond donors (Lipinski definition) is 0. The summed E-state index contributed by atoms with van der Waals surface area (Å²) in [5.74, 6) is 0.373. The van der Waals surface area contributed by atoms with Gasteiger partial charge in [0.05, 0.1) is 31.1 Å². The molecular weight excluding hydrogens is 290 g/mol. The molecule has 1 spiro atoms. The molecule has 116 valence electrons. The van der Waals surface area contributed by atoms with E-state index in [1.807, 2.05) is 0 Å². The Kier molecular flexibility index (Phi) is 2.81. The Labute approximate surface area is 125 Å². The van der Waals surface area contributed by atoms with Crippen LogP contribution in [0.2, 0.25) is 0 Å². The quantitative estimate of drug-likeness (QED) is 0.814. The maximum absolute atomic E-state index is 13.1. The number of aryl methyl sites for hydroxylation is 1. The molecule has 2 aliphatic heterocycles. The molecule has 2 atom stereocenters. The molecule has 3 heterocycles. The van der Waals surface area contributed by atoms with Gasteiger partial charge in [0.2, 0.25) is 10.0 Å². The van der Waals surface area contributed by atoms with Gasteiger partial charge in [0.1, 0.15) is 4.90 Å². The highest BCUT2D eigenvalue weighted by Gasteiger charge is 2.60. The van der Waals surface area contributed by atoms with E-state index in [4.69, 9.17) is 4.74 Å². The second-order valence-corrected chi connectivity index (χ2v) is 8.55. The van der Waals surface area contributed by atoms with Crippen LogP contribution < -0.4 is 0 Å². The third kappa shape index (κ3) is 1.71. The van der Waals surface area contributed by atoms with Crippen LogP contribution in [0.4, 0.5) is 0 Å². The van der Waals surface area contributed by atoms with Crippen LogP contribution >= 0.6 is 0 Å². The van der Waals surface area contributed by atoms with Crippen LogP contribution in [0.5, 0.6) is 0 Å². The van der Waals surface area contributed by atoms with Crippen molar-refractivity contribution in [2.24, 2.45) is 18.4 Å². The lowest BCUT2D eigenvalue weighted by molar-refractivity contribution is 0.0601. The minimum atomic E-state index is -3.48. The Bertz CT molecular complexity index is 678. The topological polar surface area (TPSA) is 64.4 Å². The molecule has 0 N–H and O–H groups in total. The first-order valence-corrected chi connectivity index (χ1v) is 8.98. The number of hydrogen-bond acceptors (Lipinski definition) is 4. The van der Waals surface area contributed by atoms with Gasteiger partial charge < -0.3 is 4.74 Å². The number of sulfonamides is 1. The third-order valence-electron chi connectivity index (χ3n) is 5.80. The number of rotatable bonds is 2. The van der Waals surface area contributed by atoms with E-state index in [0.717, 1.165) is 12.8 Å². The summed E-state index contributed by atoms with van der Waals surface area (Å²) in [6, 6.07) is 0.00917. The van der Waals surface area contributed by atoms with Crippen molar-refractivity contribution >= 4 is 10.0 Å². The molecule has 0 aromatic carbocycles. The molecule has 0 amide bonds. The highest BCUT2D eigenvalue weighted by molar-refractivity contribution is 7.89. The van der Waals surface area contributed by atoms with E-state index in [1.165, 1.54) is 12.6 Å². The second kappa shape index (κ2) is 4.30. The van der Waals surface area contributed by atoms with E-state index in [-0.39, 0.29) is 11.5 Å². The SMILES string of the molecule is Cc1c(S(=O)(=O)N2CC3(CCC3)[C@@H]3COC[C@H]32)cnn1C. The molecule has 1 aliphatic carbocycles. The summed E-state index contributed by atoms with van der Waals surface area (Å²) in [4.78, 5) is 0.340. The van der Waals surface area contributed by atoms with Gasteiger partial charge in [-0.05, 0) is 25.2 Å². The van der Waals surface area contributed by atoms with Crippen molar-refractivity contribution in [1.82, 2.24) is 14.1 Å². The molecule has 1 aromatic heterocycles. The van der Waals surface area contributed by atoms with Crippen LogP contribution in [0, 0.1) is 18.3 Å². The Morgan fingerprint density at radius 2 is 2.14 bits per heavy atom.